The summed E-state index contributed by atoms with van der Waals surface area (Å²) in [5, 5.41) is 9.94. The Morgan fingerprint density at radius 2 is 2.28 bits per heavy atom. The third kappa shape index (κ3) is 3.02. The maximum atomic E-state index is 9.94. The van der Waals surface area contributed by atoms with Crippen molar-refractivity contribution in [2.45, 2.75) is 32.0 Å². The Morgan fingerprint density at radius 3 is 2.83 bits per heavy atom. The summed E-state index contributed by atoms with van der Waals surface area (Å²) in [5.41, 5.74) is 7.42. The van der Waals surface area contributed by atoms with E-state index in [0.717, 1.165) is 37.4 Å². The number of nitrogens with two attached hydrogens (primary N) is 1. The molecule has 3 N–H and O–H groups in total. The van der Waals surface area contributed by atoms with E-state index in [1.165, 1.54) is 5.56 Å². The van der Waals surface area contributed by atoms with E-state index in [4.69, 9.17) is 10.5 Å². The van der Waals surface area contributed by atoms with E-state index >= 15 is 0 Å². The molecule has 18 heavy (non-hydrogen) atoms. The van der Waals surface area contributed by atoms with Crippen molar-refractivity contribution in [3.05, 3.63) is 29.3 Å². The molecule has 0 radical (unpaired) electrons. The van der Waals surface area contributed by atoms with Gasteiger partial charge in [-0.25, -0.2) is 0 Å². The minimum atomic E-state index is -0.539. The van der Waals surface area contributed by atoms with Crippen molar-refractivity contribution in [2.75, 3.05) is 20.2 Å². The van der Waals surface area contributed by atoms with Crippen LogP contribution in [-0.2, 0) is 13.1 Å². The molecular weight excluding hydrogens is 228 g/mol. The Bertz CT molecular complexity index is 418. The quantitative estimate of drug-likeness (QED) is 0.840. The molecule has 1 aliphatic rings. The predicted octanol–water partition coefficient (Wildman–Crippen LogP) is 1.11. The maximum Gasteiger partial charge on any atom is 0.123 e. The molecule has 0 spiro atoms. The monoisotopic (exact) mass is 250 g/mol. The van der Waals surface area contributed by atoms with Gasteiger partial charge in [-0.3, -0.25) is 4.90 Å². The lowest BCUT2D eigenvalue weighted by Gasteiger charge is -2.19. The average Bonchev–Trinajstić information content (AvgIpc) is 2.68. The third-order valence-corrected chi connectivity index (χ3v) is 3.50. The average molecular weight is 250 g/mol. The second-order valence-corrected chi connectivity index (χ2v) is 5.31. The molecule has 0 aromatic heterocycles. The smallest absolute Gasteiger partial charge is 0.123 e. The van der Waals surface area contributed by atoms with Gasteiger partial charge in [-0.2, -0.15) is 0 Å². The summed E-state index contributed by atoms with van der Waals surface area (Å²) in [6.45, 7) is 4.90. The lowest BCUT2D eigenvalue weighted by atomic mass is 10.1. The number of methoxy groups -OCH3 is 1. The molecule has 0 saturated carbocycles. The van der Waals surface area contributed by atoms with Crippen LogP contribution in [0.1, 0.15) is 24.5 Å². The van der Waals surface area contributed by atoms with Crippen LogP contribution >= 0.6 is 0 Å². The number of nitrogens with zero attached hydrogens (tertiary/aromatic N) is 1. The van der Waals surface area contributed by atoms with Crippen LogP contribution < -0.4 is 10.5 Å². The molecule has 1 atom stereocenters. The Balaban J connectivity index is 2.06. The minimum absolute atomic E-state index is 0.481. The van der Waals surface area contributed by atoms with Gasteiger partial charge in [0.15, 0.2) is 0 Å². The third-order valence-electron chi connectivity index (χ3n) is 3.50. The zero-order chi connectivity index (χ0) is 13.2. The maximum absolute atomic E-state index is 9.94. The number of ether oxygens (including phenoxy) is 1. The molecule has 1 heterocycles. The largest absolute Gasteiger partial charge is 0.496 e. The van der Waals surface area contributed by atoms with Crippen LogP contribution in [0.5, 0.6) is 5.75 Å². The lowest BCUT2D eigenvalue weighted by molar-refractivity contribution is 0.0679. The van der Waals surface area contributed by atoms with Crippen molar-refractivity contribution in [1.82, 2.24) is 4.90 Å². The highest BCUT2D eigenvalue weighted by Gasteiger charge is 2.30. The second kappa shape index (κ2) is 5.26. The zero-order valence-electron chi connectivity index (χ0n) is 11.1. The zero-order valence-corrected chi connectivity index (χ0v) is 11.1. The van der Waals surface area contributed by atoms with E-state index in [0.29, 0.717) is 6.54 Å². The summed E-state index contributed by atoms with van der Waals surface area (Å²) in [5.74, 6) is 0.842. The van der Waals surface area contributed by atoms with Crippen molar-refractivity contribution < 1.29 is 9.84 Å². The van der Waals surface area contributed by atoms with Crippen molar-refractivity contribution in [2.24, 2.45) is 5.73 Å². The standard InChI is InChI=1S/C14H22N2O2/c1-14(17)5-6-16(10-14)9-11-3-4-13(18-2)12(7-11)8-15/h3-4,7,17H,5-6,8-10,15H2,1-2H3. The number of benzene rings is 1. The van der Waals surface area contributed by atoms with E-state index in [1.807, 2.05) is 13.0 Å². The first-order valence-electron chi connectivity index (χ1n) is 6.35. The topological polar surface area (TPSA) is 58.7 Å². The fourth-order valence-corrected chi connectivity index (χ4v) is 2.52. The molecular formula is C14H22N2O2. The first kappa shape index (κ1) is 13.3. The van der Waals surface area contributed by atoms with Gasteiger partial charge in [-0.15, -0.1) is 0 Å². The fraction of sp³-hybridized carbons (Fsp3) is 0.571. The van der Waals surface area contributed by atoms with Crippen LogP contribution in [0.25, 0.3) is 0 Å². The van der Waals surface area contributed by atoms with Gasteiger partial charge in [0.2, 0.25) is 0 Å². The Kier molecular flexibility index (Phi) is 3.90. The van der Waals surface area contributed by atoms with Crippen molar-refractivity contribution >= 4 is 0 Å². The van der Waals surface area contributed by atoms with Crippen LogP contribution in [-0.4, -0.2) is 35.8 Å². The van der Waals surface area contributed by atoms with Crippen molar-refractivity contribution in [1.29, 1.82) is 0 Å². The Morgan fingerprint density at radius 1 is 1.50 bits per heavy atom. The summed E-state index contributed by atoms with van der Waals surface area (Å²) in [4.78, 5) is 2.27. The number of hydrogen-bond acceptors (Lipinski definition) is 4. The molecule has 1 aliphatic heterocycles. The normalized spacial score (nSPS) is 24.4. The predicted molar refractivity (Wildman–Crippen MR) is 71.4 cm³/mol. The molecule has 4 heteroatoms. The molecule has 4 nitrogen and oxygen atoms in total. The molecule has 1 aromatic carbocycles. The van der Waals surface area contributed by atoms with E-state index in [2.05, 4.69) is 17.0 Å². The molecule has 0 bridgehead atoms. The summed E-state index contributed by atoms with van der Waals surface area (Å²) in [7, 11) is 1.66. The van der Waals surface area contributed by atoms with Gasteiger partial charge in [0.05, 0.1) is 12.7 Å². The van der Waals surface area contributed by atoms with E-state index in [9.17, 15) is 5.11 Å². The van der Waals surface area contributed by atoms with Crippen LogP contribution in [0.3, 0.4) is 0 Å². The summed E-state index contributed by atoms with van der Waals surface area (Å²) < 4.78 is 5.26. The van der Waals surface area contributed by atoms with Gasteiger partial charge in [-0.05, 0) is 31.0 Å². The van der Waals surface area contributed by atoms with E-state index in [1.54, 1.807) is 7.11 Å². The van der Waals surface area contributed by atoms with Gasteiger partial charge >= 0.3 is 0 Å². The summed E-state index contributed by atoms with van der Waals surface area (Å²) in [6.07, 6.45) is 0.840. The molecule has 0 aliphatic carbocycles. The highest BCUT2D eigenvalue weighted by molar-refractivity contribution is 5.37. The number of β-amino-alcohol motifs (C(OH)–C–C–N with tert-alkyl or cyclic N) is 1. The number of likely N-dealkylation sites (tertiary alicyclic amines) is 1. The minimum Gasteiger partial charge on any atom is -0.496 e. The first-order valence-corrected chi connectivity index (χ1v) is 6.35. The highest BCUT2D eigenvalue weighted by Crippen LogP contribution is 2.24. The first-order chi connectivity index (χ1) is 8.54. The SMILES string of the molecule is COc1ccc(CN2CCC(C)(O)C2)cc1CN. The van der Waals surface area contributed by atoms with Crippen LogP contribution in [0, 0.1) is 0 Å². The second-order valence-electron chi connectivity index (χ2n) is 5.31. The van der Waals surface area contributed by atoms with Gasteiger partial charge in [0.25, 0.3) is 0 Å². The molecule has 1 fully saturated rings. The number of hydrogen-bond donors (Lipinski definition) is 2. The summed E-state index contributed by atoms with van der Waals surface area (Å²) in [6, 6.07) is 6.11. The van der Waals surface area contributed by atoms with Crippen LogP contribution in [0.4, 0.5) is 0 Å². The number of rotatable bonds is 4. The Labute approximate surface area is 108 Å². The molecule has 100 valence electrons. The molecule has 0 amide bonds. The van der Waals surface area contributed by atoms with Crippen molar-refractivity contribution in [3.63, 3.8) is 0 Å². The molecule has 2 rings (SSSR count). The highest BCUT2D eigenvalue weighted by atomic mass is 16.5. The lowest BCUT2D eigenvalue weighted by Crippen LogP contribution is -2.29. The molecule has 1 aromatic rings. The fourth-order valence-electron chi connectivity index (χ4n) is 2.52. The van der Waals surface area contributed by atoms with Gasteiger partial charge < -0.3 is 15.6 Å². The van der Waals surface area contributed by atoms with E-state index in [-0.39, 0.29) is 0 Å². The Hall–Kier alpha value is -1.10. The van der Waals surface area contributed by atoms with Gasteiger partial charge in [-0.1, -0.05) is 6.07 Å². The van der Waals surface area contributed by atoms with Crippen LogP contribution in [0.15, 0.2) is 18.2 Å². The van der Waals surface area contributed by atoms with Gasteiger partial charge in [0, 0.05) is 31.7 Å². The molecule has 1 saturated heterocycles. The van der Waals surface area contributed by atoms with Crippen LogP contribution in [0.2, 0.25) is 0 Å². The van der Waals surface area contributed by atoms with Gasteiger partial charge in [0.1, 0.15) is 5.75 Å². The van der Waals surface area contributed by atoms with E-state index < -0.39 is 5.60 Å². The molecule has 1 unspecified atom stereocenters. The van der Waals surface area contributed by atoms with Crippen molar-refractivity contribution in [3.8, 4) is 5.75 Å². The number of aliphatic hydroxyl groups is 1. The summed E-state index contributed by atoms with van der Waals surface area (Å²) >= 11 is 0.